The van der Waals surface area contributed by atoms with Gasteiger partial charge in [-0.1, -0.05) is 6.92 Å². The van der Waals surface area contributed by atoms with Crippen LogP contribution in [0.2, 0.25) is 0 Å². The Morgan fingerprint density at radius 1 is 1.59 bits per heavy atom. The maximum Gasteiger partial charge on any atom is 0.323 e. The minimum Gasteiger partial charge on any atom is -0.480 e. The number of carboxylic acids is 1. The van der Waals surface area contributed by atoms with Gasteiger partial charge in [0.05, 0.1) is 0 Å². The van der Waals surface area contributed by atoms with Gasteiger partial charge in [-0.3, -0.25) is 9.69 Å². The molecule has 4 nitrogen and oxygen atoms in total. The van der Waals surface area contributed by atoms with Crippen LogP contribution in [0.1, 0.15) is 46.5 Å². The Labute approximate surface area is 104 Å². The molecule has 1 rings (SSSR count). The van der Waals surface area contributed by atoms with E-state index in [1.54, 1.807) is 7.05 Å². The van der Waals surface area contributed by atoms with Crippen LogP contribution in [0, 0.1) is 0 Å². The molecule has 0 aromatic rings. The zero-order valence-corrected chi connectivity index (χ0v) is 11.5. The van der Waals surface area contributed by atoms with Crippen LogP contribution in [0.4, 0.5) is 0 Å². The zero-order valence-electron chi connectivity index (χ0n) is 11.5. The Hall–Kier alpha value is -0.610. The molecule has 1 aliphatic rings. The second kappa shape index (κ2) is 5.83. The number of likely N-dealkylation sites (N-methyl/N-ethyl adjacent to an activating group) is 1. The fourth-order valence-electron chi connectivity index (χ4n) is 3.10. The van der Waals surface area contributed by atoms with E-state index in [4.69, 9.17) is 0 Å². The predicted octanol–water partition coefficient (Wildman–Crippen LogP) is 1.70. The Morgan fingerprint density at radius 3 is 2.65 bits per heavy atom. The van der Waals surface area contributed by atoms with Gasteiger partial charge in [0, 0.05) is 12.1 Å². The number of carboxylic acid groups (broad SMARTS) is 1. The zero-order chi connectivity index (χ0) is 13.1. The summed E-state index contributed by atoms with van der Waals surface area (Å²) in [6.07, 6.45) is 3.56. The SMILES string of the molecule is CCN(C(C)C)C1CCCC(NC)(C(=O)O)C1. The molecule has 0 heterocycles. The summed E-state index contributed by atoms with van der Waals surface area (Å²) in [6, 6.07) is 0.865. The molecule has 2 N–H and O–H groups in total. The van der Waals surface area contributed by atoms with E-state index in [2.05, 4.69) is 31.0 Å². The van der Waals surface area contributed by atoms with Crippen molar-refractivity contribution < 1.29 is 9.90 Å². The lowest BCUT2D eigenvalue weighted by molar-refractivity contribution is -0.147. The largest absolute Gasteiger partial charge is 0.480 e. The van der Waals surface area contributed by atoms with Crippen molar-refractivity contribution in [1.29, 1.82) is 0 Å². The third-order valence-electron chi connectivity index (χ3n) is 4.11. The van der Waals surface area contributed by atoms with E-state index in [0.717, 1.165) is 25.8 Å². The first-order chi connectivity index (χ1) is 7.96. The van der Waals surface area contributed by atoms with Crippen LogP contribution >= 0.6 is 0 Å². The molecule has 0 bridgehead atoms. The minimum atomic E-state index is -0.717. The van der Waals surface area contributed by atoms with Crippen LogP contribution in [-0.2, 0) is 4.79 Å². The van der Waals surface area contributed by atoms with E-state index in [-0.39, 0.29) is 0 Å². The molecule has 0 aromatic carbocycles. The average molecular weight is 242 g/mol. The molecule has 0 spiro atoms. The summed E-state index contributed by atoms with van der Waals surface area (Å²) in [5.41, 5.74) is -0.717. The highest BCUT2D eigenvalue weighted by molar-refractivity contribution is 5.79. The van der Waals surface area contributed by atoms with Crippen molar-refractivity contribution in [3.05, 3.63) is 0 Å². The molecule has 17 heavy (non-hydrogen) atoms. The van der Waals surface area contributed by atoms with Gasteiger partial charge in [-0.15, -0.1) is 0 Å². The Morgan fingerprint density at radius 2 is 2.24 bits per heavy atom. The number of nitrogens with zero attached hydrogens (tertiary/aromatic N) is 1. The van der Waals surface area contributed by atoms with Crippen molar-refractivity contribution in [3.63, 3.8) is 0 Å². The monoisotopic (exact) mass is 242 g/mol. The maximum atomic E-state index is 11.5. The number of hydrogen-bond acceptors (Lipinski definition) is 3. The van der Waals surface area contributed by atoms with Crippen molar-refractivity contribution in [2.24, 2.45) is 0 Å². The molecule has 2 atom stereocenters. The third kappa shape index (κ3) is 2.99. The third-order valence-corrected chi connectivity index (χ3v) is 4.11. The number of hydrogen-bond donors (Lipinski definition) is 2. The molecule has 100 valence electrons. The lowest BCUT2D eigenvalue weighted by Crippen LogP contribution is -2.58. The van der Waals surface area contributed by atoms with E-state index in [9.17, 15) is 9.90 Å². The summed E-state index contributed by atoms with van der Waals surface area (Å²) < 4.78 is 0. The average Bonchev–Trinajstić information content (AvgIpc) is 2.29. The maximum absolute atomic E-state index is 11.5. The standard InChI is InChI=1S/C13H26N2O2/c1-5-15(10(2)3)11-7-6-8-13(9-11,14-4)12(16)17/h10-11,14H,5-9H2,1-4H3,(H,16,17). The van der Waals surface area contributed by atoms with Gasteiger partial charge >= 0.3 is 5.97 Å². The second-order valence-electron chi connectivity index (χ2n) is 5.31. The Kier molecular flexibility index (Phi) is 4.95. The molecule has 2 unspecified atom stereocenters. The van der Waals surface area contributed by atoms with E-state index >= 15 is 0 Å². The van der Waals surface area contributed by atoms with E-state index in [0.29, 0.717) is 18.5 Å². The van der Waals surface area contributed by atoms with Gasteiger partial charge < -0.3 is 10.4 Å². The van der Waals surface area contributed by atoms with Crippen LogP contribution in [-0.4, -0.2) is 47.2 Å². The highest BCUT2D eigenvalue weighted by atomic mass is 16.4. The van der Waals surface area contributed by atoms with Gasteiger partial charge in [-0.05, 0) is 53.1 Å². The predicted molar refractivity (Wildman–Crippen MR) is 69.2 cm³/mol. The summed E-state index contributed by atoms with van der Waals surface area (Å²) in [5, 5.41) is 12.5. The van der Waals surface area contributed by atoms with Crippen LogP contribution in [0.3, 0.4) is 0 Å². The molecule has 0 aromatic heterocycles. The normalized spacial score (nSPS) is 29.9. The molecule has 0 amide bonds. The highest BCUT2D eigenvalue weighted by Crippen LogP contribution is 2.32. The van der Waals surface area contributed by atoms with Crippen LogP contribution < -0.4 is 5.32 Å². The lowest BCUT2D eigenvalue weighted by Gasteiger charge is -2.43. The van der Waals surface area contributed by atoms with Crippen LogP contribution in [0.15, 0.2) is 0 Å². The smallest absolute Gasteiger partial charge is 0.323 e. The second-order valence-corrected chi connectivity index (χ2v) is 5.31. The summed E-state index contributed by atoms with van der Waals surface area (Å²) in [7, 11) is 1.77. The van der Waals surface area contributed by atoms with Gasteiger partial charge in [0.1, 0.15) is 5.54 Å². The molecule has 0 radical (unpaired) electrons. The van der Waals surface area contributed by atoms with E-state index in [1.807, 2.05) is 0 Å². The topological polar surface area (TPSA) is 52.6 Å². The lowest BCUT2D eigenvalue weighted by atomic mass is 9.78. The molecule has 4 heteroatoms. The number of aliphatic carboxylic acids is 1. The molecule has 1 aliphatic carbocycles. The quantitative estimate of drug-likeness (QED) is 0.770. The van der Waals surface area contributed by atoms with Gasteiger partial charge in [0.15, 0.2) is 0 Å². The fraction of sp³-hybridized carbons (Fsp3) is 0.923. The number of nitrogens with one attached hydrogen (secondary N) is 1. The van der Waals surface area contributed by atoms with Crippen LogP contribution in [0.5, 0.6) is 0 Å². The first-order valence-electron chi connectivity index (χ1n) is 6.65. The molecule has 0 aliphatic heterocycles. The summed E-state index contributed by atoms with van der Waals surface area (Å²) in [4.78, 5) is 13.9. The molecular weight excluding hydrogens is 216 g/mol. The van der Waals surface area contributed by atoms with Gasteiger partial charge in [0.25, 0.3) is 0 Å². The van der Waals surface area contributed by atoms with Gasteiger partial charge in [-0.25, -0.2) is 0 Å². The van der Waals surface area contributed by atoms with E-state index in [1.165, 1.54) is 0 Å². The molecule has 0 saturated heterocycles. The Bertz CT molecular complexity index is 268. The van der Waals surface area contributed by atoms with Crippen molar-refractivity contribution in [2.45, 2.75) is 64.1 Å². The molecular formula is C13H26N2O2. The first-order valence-corrected chi connectivity index (χ1v) is 6.65. The van der Waals surface area contributed by atoms with Gasteiger partial charge in [-0.2, -0.15) is 0 Å². The first kappa shape index (κ1) is 14.5. The minimum absolute atomic E-state index is 0.386. The number of carbonyl (C=O) groups is 1. The van der Waals surface area contributed by atoms with Crippen molar-refractivity contribution in [3.8, 4) is 0 Å². The van der Waals surface area contributed by atoms with E-state index < -0.39 is 11.5 Å². The summed E-state index contributed by atoms with van der Waals surface area (Å²) in [5.74, 6) is -0.704. The summed E-state index contributed by atoms with van der Waals surface area (Å²) in [6.45, 7) is 7.50. The van der Waals surface area contributed by atoms with Crippen molar-refractivity contribution in [2.75, 3.05) is 13.6 Å². The Balaban J connectivity index is 2.80. The molecule has 1 saturated carbocycles. The fourth-order valence-corrected chi connectivity index (χ4v) is 3.10. The van der Waals surface area contributed by atoms with Crippen molar-refractivity contribution >= 4 is 5.97 Å². The van der Waals surface area contributed by atoms with Crippen LogP contribution in [0.25, 0.3) is 0 Å². The van der Waals surface area contributed by atoms with Gasteiger partial charge in [0.2, 0.25) is 0 Å². The summed E-state index contributed by atoms with van der Waals surface area (Å²) >= 11 is 0. The van der Waals surface area contributed by atoms with Crippen molar-refractivity contribution in [1.82, 2.24) is 10.2 Å². The molecule has 1 fully saturated rings. The number of rotatable bonds is 5. The highest BCUT2D eigenvalue weighted by Gasteiger charge is 2.43.